The first-order valence-corrected chi connectivity index (χ1v) is 7.91. The van der Waals surface area contributed by atoms with Crippen LogP contribution >= 0.6 is 0 Å². The Morgan fingerprint density at radius 1 is 1.20 bits per heavy atom. The topological polar surface area (TPSA) is 41.6 Å². The lowest BCUT2D eigenvalue weighted by Crippen LogP contribution is -2.34. The van der Waals surface area contributed by atoms with Gasteiger partial charge in [0, 0.05) is 18.3 Å². The van der Waals surface area contributed by atoms with Gasteiger partial charge in [-0.05, 0) is 30.5 Å². The van der Waals surface area contributed by atoms with Crippen molar-refractivity contribution in [2.45, 2.75) is 25.5 Å². The van der Waals surface area contributed by atoms with E-state index in [9.17, 15) is 18.0 Å². The van der Waals surface area contributed by atoms with Crippen LogP contribution in [0.2, 0.25) is 0 Å². The van der Waals surface area contributed by atoms with E-state index in [2.05, 4.69) is 10.1 Å². The number of alkyl halides is 2. The smallest absolute Gasteiger partial charge is 0.387 e. The number of halogens is 3. The van der Waals surface area contributed by atoms with E-state index in [-0.39, 0.29) is 17.8 Å². The summed E-state index contributed by atoms with van der Waals surface area (Å²) in [5, 5.41) is 2.61. The molecule has 1 aliphatic heterocycles. The molecule has 1 unspecified atom stereocenters. The first-order valence-electron chi connectivity index (χ1n) is 7.91. The Bertz CT molecular complexity index is 740. The van der Waals surface area contributed by atoms with Crippen LogP contribution < -0.4 is 10.1 Å². The van der Waals surface area contributed by atoms with Crippen molar-refractivity contribution in [3.63, 3.8) is 0 Å². The van der Waals surface area contributed by atoms with Crippen molar-refractivity contribution < 1.29 is 22.7 Å². The van der Waals surface area contributed by atoms with E-state index in [1.54, 1.807) is 4.90 Å². The number of nitrogens with one attached hydrogen (secondary N) is 1. The van der Waals surface area contributed by atoms with Gasteiger partial charge in [-0.15, -0.1) is 0 Å². The number of likely N-dealkylation sites (tertiary alicyclic amines) is 1. The van der Waals surface area contributed by atoms with Crippen LogP contribution in [0.25, 0.3) is 0 Å². The van der Waals surface area contributed by atoms with E-state index < -0.39 is 18.2 Å². The lowest BCUT2D eigenvalue weighted by molar-refractivity contribution is -0.0521. The summed E-state index contributed by atoms with van der Waals surface area (Å²) in [5.74, 6) is -1.52. The molecule has 1 aliphatic rings. The summed E-state index contributed by atoms with van der Waals surface area (Å²) < 4.78 is 42.1. The summed E-state index contributed by atoms with van der Waals surface area (Å²) in [7, 11) is 0. The number of carbonyl (C=O) groups excluding carboxylic acids is 1. The monoisotopic (exact) mass is 350 g/mol. The van der Waals surface area contributed by atoms with Gasteiger partial charge in [-0.3, -0.25) is 0 Å². The normalized spacial score (nSPS) is 17.0. The molecule has 4 nitrogen and oxygen atoms in total. The Kier molecular flexibility index (Phi) is 5.11. The third kappa shape index (κ3) is 4.04. The highest BCUT2D eigenvalue weighted by Gasteiger charge is 2.30. The number of carbonyl (C=O) groups is 1. The first-order chi connectivity index (χ1) is 12.0. The fraction of sp³-hybridized carbons (Fsp3) is 0.278. The van der Waals surface area contributed by atoms with E-state index in [1.165, 1.54) is 6.07 Å². The standard InChI is InChI=1S/C18H17F3N2O2/c19-14-11-13(8-9-16(14)25-17(20)21)22-18(24)23-10-4-7-15(23)12-5-2-1-3-6-12/h1-3,5-6,8-9,11,15,17H,4,7,10H2,(H,22,24). The quantitative estimate of drug-likeness (QED) is 0.861. The molecule has 0 spiro atoms. The van der Waals surface area contributed by atoms with Crippen LogP contribution in [-0.4, -0.2) is 24.1 Å². The van der Waals surface area contributed by atoms with Gasteiger partial charge in [0.05, 0.1) is 6.04 Å². The predicted octanol–water partition coefficient (Wildman–Crippen LogP) is 4.80. The number of rotatable bonds is 4. The number of benzene rings is 2. The largest absolute Gasteiger partial charge is 0.432 e. The van der Waals surface area contributed by atoms with Crippen LogP contribution in [0, 0.1) is 5.82 Å². The molecule has 1 atom stereocenters. The van der Waals surface area contributed by atoms with Crippen molar-refractivity contribution in [1.82, 2.24) is 4.90 Å². The molecule has 2 aromatic carbocycles. The zero-order valence-corrected chi connectivity index (χ0v) is 13.3. The summed E-state index contributed by atoms with van der Waals surface area (Å²) in [6, 6.07) is 12.6. The molecule has 0 aliphatic carbocycles. The Balaban J connectivity index is 1.70. The van der Waals surface area contributed by atoms with Gasteiger partial charge in [0.15, 0.2) is 11.6 Å². The summed E-state index contributed by atoms with van der Waals surface area (Å²) in [6.07, 6.45) is 1.73. The maximum Gasteiger partial charge on any atom is 0.387 e. The highest BCUT2D eigenvalue weighted by Crippen LogP contribution is 2.32. The van der Waals surface area contributed by atoms with Gasteiger partial charge in [-0.25, -0.2) is 9.18 Å². The molecule has 0 saturated carbocycles. The number of urea groups is 1. The van der Waals surface area contributed by atoms with Gasteiger partial charge >= 0.3 is 12.6 Å². The fourth-order valence-corrected chi connectivity index (χ4v) is 3.00. The summed E-state index contributed by atoms with van der Waals surface area (Å²) in [6.45, 7) is -2.51. The van der Waals surface area contributed by atoms with Crippen LogP contribution in [0.15, 0.2) is 48.5 Å². The van der Waals surface area contributed by atoms with E-state index in [1.807, 2.05) is 30.3 Å². The lowest BCUT2D eigenvalue weighted by Gasteiger charge is -2.25. The van der Waals surface area contributed by atoms with E-state index >= 15 is 0 Å². The minimum Gasteiger partial charge on any atom is -0.432 e. The van der Waals surface area contributed by atoms with Crippen LogP contribution in [0.4, 0.5) is 23.7 Å². The summed E-state index contributed by atoms with van der Waals surface area (Å²) in [5.41, 5.74) is 1.23. The van der Waals surface area contributed by atoms with Gasteiger partial charge in [0.1, 0.15) is 0 Å². The maximum atomic E-state index is 13.8. The third-order valence-corrected chi connectivity index (χ3v) is 4.10. The molecular formula is C18H17F3N2O2. The SMILES string of the molecule is O=C(Nc1ccc(OC(F)F)c(F)c1)N1CCCC1c1ccccc1. The number of amides is 2. The number of hydrogen-bond donors (Lipinski definition) is 1. The van der Waals surface area contributed by atoms with E-state index in [4.69, 9.17) is 0 Å². The van der Waals surface area contributed by atoms with Crippen molar-refractivity contribution >= 4 is 11.7 Å². The fourth-order valence-electron chi connectivity index (χ4n) is 3.00. The molecule has 3 rings (SSSR count). The van der Waals surface area contributed by atoms with Crippen LogP contribution in [0.5, 0.6) is 5.75 Å². The summed E-state index contributed by atoms with van der Waals surface area (Å²) in [4.78, 5) is 14.2. The number of nitrogens with zero attached hydrogens (tertiary/aromatic N) is 1. The van der Waals surface area contributed by atoms with Crippen LogP contribution in [-0.2, 0) is 0 Å². The third-order valence-electron chi connectivity index (χ3n) is 4.10. The molecule has 2 amide bonds. The molecule has 1 heterocycles. The zero-order valence-electron chi connectivity index (χ0n) is 13.3. The van der Waals surface area contributed by atoms with Gasteiger partial charge in [-0.2, -0.15) is 8.78 Å². The molecule has 25 heavy (non-hydrogen) atoms. The zero-order chi connectivity index (χ0) is 17.8. The molecule has 0 bridgehead atoms. The minimum absolute atomic E-state index is 0.0347. The first kappa shape index (κ1) is 17.1. The molecule has 2 aromatic rings. The van der Waals surface area contributed by atoms with Crippen molar-refractivity contribution in [3.8, 4) is 5.75 Å². The van der Waals surface area contributed by atoms with Crippen molar-refractivity contribution in [2.75, 3.05) is 11.9 Å². The maximum absolute atomic E-state index is 13.8. The second kappa shape index (κ2) is 7.46. The Morgan fingerprint density at radius 2 is 1.96 bits per heavy atom. The average molecular weight is 350 g/mol. The molecule has 7 heteroatoms. The molecule has 1 N–H and O–H groups in total. The minimum atomic E-state index is -3.11. The van der Waals surface area contributed by atoms with Gasteiger partial charge in [-0.1, -0.05) is 30.3 Å². The van der Waals surface area contributed by atoms with Gasteiger partial charge in [0.25, 0.3) is 0 Å². The second-order valence-electron chi connectivity index (χ2n) is 5.72. The van der Waals surface area contributed by atoms with Crippen molar-refractivity contribution in [2.24, 2.45) is 0 Å². The van der Waals surface area contributed by atoms with E-state index in [0.29, 0.717) is 6.54 Å². The molecule has 132 valence electrons. The lowest BCUT2D eigenvalue weighted by atomic mass is 10.1. The highest BCUT2D eigenvalue weighted by atomic mass is 19.3. The Labute approximate surface area is 143 Å². The molecular weight excluding hydrogens is 333 g/mol. The average Bonchev–Trinajstić information content (AvgIpc) is 3.08. The number of anilines is 1. The number of hydrogen-bond acceptors (Lipinski definition) is 2. The van der Waals surface area contributed by atoms with Crippen molar-refractivity contribution in [3.05, 3.63) is 59.9 Å². The Morgan fingerprint density at radius 3 is 2.64 bits per heavy atom. The van der Waals surface area contributed by atoms with Crippen molar-refractivity contribution in [1.29, 1.82) is 0 Å². The second-order valence-corrected chi connectivity index (χ2v) is 5.72. The highest BCUT2D eigenvalue weighted by molar-refractivity contribution is 5.89. The van der Waals surface area contributed by atoms with Gasteiger partial charge < -0.3 is 15.0 Å². The Hall–Kier alpha value is -2.70. The number of ether oxygens (including phenoxy) is 1. The molecule has 1 saturated heterocycles. The van der Waals surface area contributed by atoms with E-state index in [0.717, 1.165) is 30.5 Å². The molecule has 1 fully saturated rings. The molecule has 0 aromatic heterocycles. The van der Waals surface area contributed by atoms with Crippen LogP contribution in [0.3, 0.4) is 0 Å². The van der Waals surface area contributed by atoms with Crippen LogP contribution in [0.1, 0.15) is 24.4 Å². The molecule has 0 radical (unpaired) electrons. The van der Waals surface area contributed by atoms with Gasteiger partial charge in [0.2, 0.25) is 0 Å². The predicted molar refractivity (Wildman–Crippen MR) is 87.2 cm³/mol. The summed E-state index contributed by atoms with van der Waals surface area (Å²) >= 11 is 0.